The van der Waals surface area contributed by atoms with Gasteiger partial charge in [-0.05, 0) is 31.7 Å². The second-order valence-corrected chi connectivity index (χ2v) is 8.45. The second kappa shape index (κ2) is 9.68. The highest BCUT2D eigenvalue weighted by atomic mass is 32.2. The summed E-state index contributed by atoms with van der Waals surface area (Å²) in [5.74, 6) is -0.498. The Morgan fingerprint density at radius 3 is 2.65 bits per heavy atom. The van der Waals surface area contributed by atoms with Crippen LogP contribution in [0.2, 0.25) is 0 Å². The van der Waals surface area contributed by atoms with E-state index in [2.05, 4.69) is 10.0 Å². The molecule has 1 saturated heterocycles. The van der Waals surface area contributed by atoms with E-state index in [9.17, 15) is 18.0 Å². The minimum absolute atomic E-state index is 0.0786. The molecule has 1 atom stereocenters. The van der Waals surface area contributed by atoms with Gasteiger partial charge in [-0.15, -0.1) is 0 Å². The lowest BCUT2D eigenvalue weighted by Gasteiger charge is -2.33. The second-order valence-electron chi connectivity index (χ2n) is 6.35. The van der Waals surface area contributed by atoms with Gasteiger partial charge in [-0.3, -0.25) is 9.59 Å². The molecule has 7 nitrogen and oxygen atoms in total. The molecule has 0 saturated carbocycles. The van der Waals surface area contributed by atoms with E-state index in [0.29, 0.717) is 13.1 Å². The number of hydrogen-bond donors (Lipinski definition) is 2. The van der Waals surface area contributed by atoms with Gasteiger partial charge < -0.3 is 10.2 Å². The third kappa shape index (κ3) is 6.10. The molecule has 0 radical (unpaired) electrons. The Kier molecular flexibility index (Phi) is 7.59. The van der Waals surface area contributed by atoms with Crippen LogP contribution in [0.15, 0.2) is 30.3 Å². The molecule has 0 aliphatic carbocycles. The zero-order chi connectivity index (χ0) is 19.0. The number of rotatable bonds is 5. The maximum Gasteiger partial charge on any atom is 0.238 e. The summed E-state index contributed by atoms with van der Waals surface area (Å²) in [4.78, 5) is 26.7. The molecule has 8 heteroatoms. The minimum atomic E-state index is -3.45. The first-order valence-electron chi connectivity index (χ1n) is 9.01. The van der Waals surface area contributed by atoms with Crippen molar-refractivity contribution in [3.05, 3.63) is 35.9 Å². The predicted octanol–water partition coefficient (Wildman–Crippen LogP) is 1.19. The number of sulfonamides is 1. The van der Waals surface area contributed by atoms with Crippen LogP contribution in [0.25, 0.3) is 0 Å². The SMILES string of the molecule is CCS(=O)(=O)NCC(=O)N1CCCCCNC(=O)CC1c1ccccc1. The molecule has 1 aromatic carbocycles. The lowest BCUT2D eigenvalue weighted by molar-refractivity contribution is -0.134. The van der Waals surface area contributed by atoms with E-state index in [-0.39, 0.29) is 30.5 Å². The van der Waals surface area contributed by atoms with E-state index < -0.39 is 16.1 Å². The highest BCUT2D eigenvalue weighted by Crippen LogP contribution is 2.25. The number of carbonyl (C=O) groups is 2. The van der Waals surface area contributed by atoms with Gasteiger partial charge in [0, 0.05) is 13.1 Å². The third-order valence-electron chi connectivity index (χ3n) is 4.48. The van der Waals surface area contributed by atoms with E-state index in [1.54, 1.807) is 4.90 Å². The molecule has 1 aliphatic rings. The van der Waals surface area contributed by atoms with Crippen molar-refractivity contribution in [3.8, 4) is 0 Å². The first kappa shape index (κ1) is 20.4. The van der Waals surface area contributed by atoms with Crippen molar-refractivity contribution in [1.29, 1.82) is 0 Å². The molecule has 26 heavy (non-hydrogen) atoms. The summed E-state index contributed by atoms with van der Waals surface area (Å²) in [5, 5.41) is 2.89. The van der Waals surface area contributed by atoms with Gasteiger partial charge >= 0.3 is 0 Å². The fraction of sp³-hybridized carbons (Fsp3) is 0.556. The van der Waals surface area contributed by atoms with E-state index in [0.717, 1.165) is 24.8 Å². The number of carbonyl (C=O) groups excluding carboxylic acids is 2. The van der Waals surface area contributed by atoms with E-state index in [1.807, 2.05) is 30.3 Å². The van der Waals surface area contributed by atoms with Crippen molar-refractivity contribution >= 4 is 21.8 Å². The van der Waals surface area contributed by atoms with Crippen molar-refractivity contribution in [3.63, 3.8) is 0 Å². The highest BCUT2D eigenvalue weighted by Gasteiger charge is 2.28. The van der Waals surface area contributed by atoms with Crippen LogP contribution in [0.3, 0.4) is 0 Å². The molecule has 1 heterocycles. The first-order valence-corrected chi connectivity index (χ1v) is 10.7. The molecule has 1 unspecified atom stereocenters. The first-order chi connectivity index (χ1) is 12.4. The molecule has 2 rings (SSSR count). The Morgan fingerprint density at radius 2 is 1.96 bits per heavy atom. The Labute approximate surface area is 155 Å². The van der Waals surface area contributed by atoms with Crippen molar-refractivity contribution in [1.82, 2.24) is 14.9 Å². The smallest absolute Gasteiger partial charge is 0.238 e. The largest absolute Gasteiger partial charge is 0.356 e. The molecule has 144 valence electrons. The van der Waals surface area contributed by atoms with Crippen molar-refractivity contribution < 1.29 is 18.0 Å². The monoisotopic (exact) mass is 381 g/mol. The van der Waals surface area contributed by atoms with Crippen LogP contribution in [0, 0.1) is 0 Å². The number of amides is 2. The Bertz CT molecular complexity index is 706. The van der Waals surface area contributed by atoms with Crippen LogP contribution >= 0.6 is 0 Å². The topological polar surface area (TPSA) is 95.6 Å². The Balaban J connectivity index is 2.24. The number of benzene rings is 1. The van der Waals surface area contributed by atoms with Crippen molar-refractivity contribution in [2.75, 3.05) is 25.4 Å². The van der Waals surface area contributed by atoms with Gasteiger partial charge in [0.2, 0.25) is 21.8 Å². The average molecular weight is 381 g/mol. The fourth-order valence-corrected chi connectivity index (χ4v) is 3.52. The van der Waals surface area contributed by atoms with Gasteiger partial charge in [0.15, 0.2) is 0 Å². The van der Waals surface area contributed by atoms with Crippen molar-refractivity contribution in [2.45, 2.75) is 38.6 Å². The van der Waals surface area contributed by atoms with Crippen LogP contribution in [0.5, 0.6) is 0 Å². The predicted molar refractivity (Wildman–Crippen MR) is 99.8 cm³/mol. The Morgan fingerprint density at radius 1 is 1.23 bits per heavy atom. The summed E-state index contributed by atoms with van der Waals surface area (Å²) in [6.45, 7) is 2.37. The number of nitrogens with one attached hydrogen (secondary N) is 2. The van der Waals surface area contributed by atoms with Crippen molar-refractivity contribution in [2.24, 2.45) is 0 Å². The maximum absolute atomic E-state index is 12.8. The van der Waals surface area contributed by atoms with Crippen LogP contribution in [0.1, 0.15) is 44.2 Å². The van der Waals surface area contributed by atoms with Gasteiger partial charge in [-0.1, -0.05) is 30.3 Å². The molecule has 1 aliphatic heterocycles. The summed E-state index contributed by atoms with van der Waals surface area (Å²) < 4.78 is 25.7. The lowest BCUT2D eigenvalue weighted by atomic mass is 10.00. The molecular weight excluding hydrogens is 354 g/mol. The lowest BCUT2D eigenvalue weighted by Crippen LogP contribution is -2.44. The number of hydrogen-bond acceptors (Lipinski definition) is 4. The fourth-order valence-electron chi connectivity index (χ4n) is 2.97. The molecule has 2 amide bonds. The summed E-state index contributed by atoms with van der Waals surface area (Å²) in [7, 11) is -3.45. The summed E-state index contributed by atoms with van der Waals surface area (Å²) in [5.41, 5.74) is 0.870. The zero-order valence-electron chi connectivity index (χ0n) is 15.1. The van der Waals surface area contributed by atoms with Crippen LogP contribution in [-0.4, -0.2) is 50.5 Å². The molecule has 2 N–H and O–H groups in total. The Hall–Kier alpha value is -1.93. The minimum Gasteiger partial charge on any atom is -0.356 e. The molecule has 1 aromatic rings. The summed E-state index contributed by atoms with van der Waals surface area (Å²) >= 11 is 0. The summed E-state index contributed by atoms with van der Waals surface area (Å²) in [6, 6.07) is 8.99. The average Bonchev–Trinajstić information content (AvgIpc) is 2.65. The van der Waals surface area contributed by atoms with Gasteiger partial charge in [-0.2, -0.15) is 0 Å². The normalized spacial score (nSPS) is 19.7. The van der Waals surface area contributed by atoms with Gasteiger partial charge in [0.25, 0.3) is 0 Å². The highest BCUT2D eigenvalue weighted by molar-refractivity contribution is 7.89. The molecule has 1 fully saturated rings. The van der Waals surface area contributed by atoms with Crippen LogP contribution in [-0.2, 0) is 19.6 Å². The zero-order valence-corrected chi connectivity index (χ0v) is 15.9. The van der Waals surface area contributed by atoms with Crippen LogP contribution < -0.4 is 10.0 Å². The molecule has 0 aromatic heterocycles. The third-order valence-corrected chi connectivity index (χ3v) is 5.83. The van der Waals surface area contributed by atoms with E-state index in [4.69, 9.17) is 0 Å². The van der Waals surface area contributed by atoms with Gasteiger partial charge in [-0.25, -0.2) is 13.1 Å². The maximum atomic E-state index is 12.8. The van der Waals surface area contributed by atoms with E-state index >= 15 is 0 Å². The van der Waals surface area contributed by atoms with Crippen LogP contribution in [0.4, 0.5) is 0 Å². The van der Waals surface area contributed by atoms with E-state index in [1.165, 1.54) is 6.92 Å². The standard InChI is InChI=1S/C18H27N3O4S/c1-2-26(24,25)20-14-18(23)21-12-8-4-7-11-19-17(22)13-16(21)15-9-5-3-6-10-15/h3,5-6,9-10,16,20H,2,4,7-8,11-14H2,1H3,(H,19,22). The quantitative estimate of drug-likeness (QED) is 0.801. The molecular formula is C18H27N3O4S. The molecule has 0 spiro atoms. The summed E-state index contributed by atoms with van der Waals surface area (Å²) in [6.07, 6.45) is 2.74. The number of nitrogens with zero attached hydrogens (tertiary/aromatic N) is 1. The van der Waals surface area contributed by atoms with Gasteiger partial charge in [0.05, 0.1) is 24.8 Å². The van der Waals surface area contributed by atoms with Gasteiger partial charge in [0.1, 0.15) is 0 Å². The molecule has 0 bridgehead atoms.